The molecule has 0 saturated carbocycles. The minimum atomic E-state index is -0.972. The van der Waals surface area contributed by atoms with E-state index in [0.29, 0.717) is 28.5 Å². The van der Waals surface area contributed by atoms with E-state index in [4.69, 9.17) is 14.2 Å². The third kappa shape index (κ3) is 3.79. The number of carbonyl (C=O) groups is 1. The molecular formula is C27H23FN2O4. The summed E-state index contributed by atoms with van der Waals surface area (Å²) in [6.07, 6.45) is 1.62. The highest BCUT2D eigenvalue weighted by molar-refractivity contribution is 6.32. The second-order valence-corrected chi connectivity index (χ2v) is 8.47. The van der Waals surface area contributed by atoms with Crippen LogP contribution in [0.25, 0.3) is 17.0 Å². The van der Waals surface area contributed by atoms with Crippen LogP contribution in [0.4, 0.5) is 4.39 Å². The third-order valence-electron chi connectivity index (χ3n) is 5.77. The number of rotatable bonds is 6. The van der Waals surface area contributed by atoms with Crippen LogP contribution in [0, 0.1) is 5.95 Å². The number of hydrogen-bond acceptors (Lipinski definition) is 5. The molecule has 0 saturated heterocycles. The van der Waals surface area contributed by atoms with Crippen molar-refractivity contribution < 1.29 is 23.4 Å². The highest BCUT2D eigenvalue weighted by atomic mass is 19.1. The summed E-state index contributed by atoms with van der Waals surface area (Å²) in [5.41, 5.74) is 1.81. The lowest BCUT2D eigenvalue weighted by Crippen LogP contribution is -2.29. The molecule has 34 heavy (non-hydrogen) atoms. The van der Waals surface area contributed by atoms with E-state index in [1.54, 1.807) is 57.5 Å². The normalized spacial score (nSPS) is 15.0. The predicted molar refractivity (Wildman–Crippen MR) is 126 cm³/mol. The van der Waals surface area contributed by atoms with Crippen molar-refractivity contribution in [3.63, 3.8) is 0 Å². The zero-order chi connectivity index (χ0) is 23.9. The molecule has 0 bridgehead atoms. The first-order chi connectivity index (χ1) is 16.4. The minimum absolute atomic E-state index is 0.00529. The van der Waals surface area contributed by atoms with Crippen LogP contribution in [0.5, 0.6) is 11.5 Å². The Balaban J connectivity index is 1.40. The first kappa shape index (κ1) is 21.7. The fraction of sp³-hybridized carbons (Fsp3) is 0.185. The van der Waals surface area contributed by atoms with Crippen molar-refractivity contribution in [1.29, 1.82) is 0 Å². The zero-order valence-corrected chi connectivity index (χ0v) is 19.0. The summed E-state index contributed by atoms with van der Waals surface area (Å²) in [4.78, 5) is 17.4. The summed E-state index contributed by atoms with van der Waals surface area (Å²) in [7, 11) is 1.60. The highest BCUT2D eigenvalue weighted by Gasteiger charge is 2.42. The molecule has 4 aromatic rings. The van der Waals surface area contributed by atoms with E-state index in [1.165, 1.54) is 4.40 Å². The molecule has 0 radical (unpaired) electrons. The fourth-order valence-electron chi connectivity index (χ4n) is 3.94. The summed E-state index contributed by atoms with van der Waals surface area (Å²) in [5.74, 6) is 1.24. The SMILES string of the molecule is COc1ccc(C2=C(c3ccc(OCc4nc5ccccn5c4F)cc3)OC(C)(C)C2=O)cc1. The van der Waals surface area contributed by atoms with Crippen molar-refractivity contribution in [3.05, 3.63) is 95.7 Å². The lowest BCUT2D eigenvalue weighted by Gasteiger charge is -2.18. The van der Waals surface area contributed by atoms with Crippen molar-refractivity contribution in [2.45, 2.75) is 26.1 Å². The van der Waals surface area contributed by atoms with Crippen LogP contribution >= 0.6 is 0 Å². The predicted octanol–water partition coefficient (Wildman–Crippen LogP) is 5.31. The number of ether oxygens (including phenoxy) is 3. The van der Waals surface area contributed by atoms with Crippen LogP contribution in [0.1, 0.15) is 30.7 Å². The van der Waals surface area contributed by atoms with Gasteiger partial charge in [-0.2, -0.15) is 4.39 Å². The highest BCUT2D eigenvalue weighted by Crippen LogP contribution is 2.41. The molecule has 5 rings (SSSR count). The summed E-state index contributed by atoms with van der Waals surface area (Å²) < 4.78 is 33.0. The Hall–Kier alpha value is -4.13. The van der Waals surface area contributed by atoms with Gasteiger partial charge in [0.15, 0.2) is 5.60 Å². The van der Waals surface area contributed by atoms with Crippen molar-refractivity contribution in [1.82, 2.24) is 9.38 Å². The van der Waals surface area contributed by atoms with E-state index in [-0.39, 0.29) is 18.1 Å². The number of nitrogens with zero attached hydrogens (tertiary/aromatic N) is 2. The largest absolute Gasteiger partial charge is 0.497 e. The summed E-state index contributed by atoms with van der Waals surface area (Å²) >= 11 is 0. The van der Waals surface area contributed by atoms with Gasteiger partial charge in [-0.05, 0) is 67.9 Å². The van der Waals surface area contributed by atoms with E-state index >= 15 is 0 Å². The molecule has 0 aliphatic carbocycles. The minimum Gasteiger partial charge on any atom is -0.497 e. The van der Waals surface area contributed by atoms with Gasteiger partial charge in [0.2, 0.25) is 11.7 Å². The zero-order valence-electron chi connectivity index (χ0n) is 19.0. The molecule has 1 aliphatic heterocycles. The Bertz CT molecular complexity index is 1400. The number of halogens is 1. The van der Waals surface area contributed by atoms with Crippen LogP contribution in [0.2, 0.25) is 0 Å². The Morgan fingerprint density at radius 3 is 2.32 bits per heavy atom. The number of ketones is 1. The third-order valence-corrected chi connectivity index (χ3v) is 5.77. The van der Waals surface area contributed by atoms with Crippen LogP contribution in [-0.4, -0.2) is 27.9 Å². The van der Waals surface area contributed by atoms with Gasteiger partial charge in [0.25, 0.3) is 0 Å². The number of benzene rings is 2. The second kappa shape index (κ2) is 8.33. The number of hydrogen-bond donors (Lipinski definition) is 0. The monoisotopic (exact) mass is 458 g/mol. The van der Waals surface area contributed by atoms with Gasteiger partial charge in [-0.25, -0.2) is 4.98 Å². The van der Waals surface area contributed by atoms with E-state index in [9.17, 15) is 9.18 Å². The molecule has 0 amide bonds. The van der Waals surface area contributed by atoms with Gasteiger partial charge in [0.05, 0.1) is 12.7 Å². The Kier molecular flexibility index (Phi) is 5.32. The van der Waals surface area contributed by atoms with Crippen molar-refractivity contribution in [2.75, 3.05) is 7.11 Å². The topological polar surface area (TPSA) is 62.1 Å². The Morgan fingerprint density at radius 1 is 0.971 bits per heavy atom. The van der Waals surface area contributed by atoms with Gasteiger partial charge in [-0.15, -0.1) is 0 Å². The van der Waals surface area contributed by atoms with Crippen LogP contribution in [0.3, 0.4) is 0 Å². The number of imidazole rings is 1. The molecule has 0 N–H and O–H groups in total. The van der Waals surface area contributed by atoms with Crippen molar-refractivity contribution >= 4 is 22.8 Å². The lowest BCUT2D eigenvalue weighted by atomic mass is 9.92. The molecule has 1 aliphatic rings. The molecule has 2 aromatic heterocycles. The molecule has 6 nitrogen and oxygen atoms in total. The molecule has 3 heterocycles. The van der Waals surface area contributed by atoms with E-state index < -0.39 is 11.5 Å². The quantitative estimate of drug-likeness (QED) is 0.392. The van der Waals surface area contributed by atoms with E-state index in [1.807, 2.05) is 36.4 Å². The molecule has 2 aromatic carbocycles. The summed E-state index contributed by atoms with van der Waals surface area (Å²) in [6.45, 7) is 3.51. The van der Waals surface area contributed by atoms with Crippen molar-refractivity contribution in [3.8, 4) is 11.5 Å². The lowest BCUT2D eigenvalue weighted by molar-refractivity contribution is -0.125. The first-order valence-corrected chi connectivity index (χ1v) is 10.8. The maximum Gasteiger partial charge on any atom is 0.224 e. The van der Waals surface area contributed by atoms with Crippen LogP contribution in [-0.2, 0) is 16.1 Å². The first-order valence-electron chi connectivity index (χ1n) is 10.8. The second-order valence-electron chi connectivity index (χ2n) is 8.47. The molecular weight excluding hydrogens is 435 g/mol. The van der Waals surface area contributed by atoms with Gasteiger partial charge in [-0.3, -0.25) is 9.20 Å². The van der Waals surface area contributed by atoms with Gasteiger partial charge in [-0.1, -0.05) is 18.2 Å². The molecule has 7 heteroatoms. The average Bonchev–Trinajstić information content (AvgIpc) is 3.30. The number of Topliss-reactive ketones (excluding diaryl/α,β-unsaturated/α-hetero) is 1. The molecule has 0 unspecified atom stereocenters. The number of pyridine rings is 1. The van der Waals surface area contributed by atoms with E-state index in [2.05, 4.69) is 4.98 Å². The fourth-order valence-corrected chi connectivity index (χ4v) is 3.94. The summed E-state index contributed by atoms with van der Waals surface area (Å²) in [6, 6.07) is 19.8. The van der Waals surface area contributed by atoms with Gasteiger partial charge < -0.3 is 14.2 Å². The molecule has 0 spiro atoms. The van der Waals surface area contributed by atoms with Crippen LogP contribution in [0.15, 0.2) is 72.9 Å². The Morgan fingerprint density at radius 2 is 1.65 bits per heavy atom. The molecule has 0 atom stereocenters. The molecule has 0 fully saturated rings. The Labute approximate surface area is 196 Å². The average molecular weight is 458 g/mol. The van der Waals surface area contributed by atoms with Crippen LogP contribution < -0.4 is 9.47 Å². The summed E-state index contributed by atoms with van der Waals surface area (Å²) in [5, 5.41) is 0. The van der Waals surface area contributed by atoms with E-state index in [0.717, 1.165) is 11.1 Å². The number of aromatic nitrogens is 2. The number of fused-ring (bicyclic) bond motifs is 1. The standard InChI is InChI=1S/C27H23FN2O4/c1-27(2)25(31)23(17-7-11-19(32-3)12-8-17)24(34-27)18-9-13-20(14-10-18)33-16-21-26(28)30-15-5-4-6-22(30)29-21/h4-15H,16H2,1-3H3. The van der Waals surface area contributed by atoms with Gasteiger partial charge in [0, 0.05) is 11.8 Å². The maximum atomic E-state index is 14.5. The number of carbonyl (C=O) groups excluding carboxylic acids is 1. The van der Waals surface area contributed by atoms with Gasteiger partial charge >= 0.3 is 0 Å². The van der Waals surface area contributed by atoms with Gasteiger partial charge in [0.1, 0.15) is 35.2 Å². The smallest absolute Gasteiger partial charge is 0.224 e. The number of methoxy groups -OCH3 is 1. The maximum absolute atomic E-state index is 14.5. The molecule has 172 valence electrons. The van der Waals surface area contributed by atoms with Crippen molar-refractivity contribution in [2.24, 2.45) is 0 Å².